The summed E-state index contributed by atoms with van der Waals surface area (Å²) < 4.78 is 0. The first-order valence-electron chi connectivity index (χ1n) is 2.34. The van der Waals surface area contributed by atoms with Gasteiger partial charge in [-0.2, -0.15) is 0 Å². The number of hydrogen-bond donors (Lipinski definition) is 2. The zero-order valence-corrected chi connectivity index (χ0v) is 3.78. The quantitative estimate of drug-likeness (QED) is 0.380. The van der Waals surface area contributed by atoms with Crippen molar-refractivity contribution in [1.29, 1.82) is 0 Å². The summed E-state index contributed by atoms with van der Waals surface area (Å²) in [5.74, 6) is 0. The molecule has 34 valence electrons. The Kier molecular flexibility index (Phi) is 0.265. The molecule has 2 N–H and O–H groups in total. The monoisotopic (exact) mass is 84.1 g/mol. The predicted octanol–water partition coefficient (Wildman–Crippen LogP) is -0.722. The van der Waals surface area contributed by atoms with Crippen LogP contribution in [-0.4, -0.2) is 18.2 Å². The maximum Gasteiger partial charge on any atom is 0.0833 e. The van der Waals surface area contributed by atoms with Gasteiger partial charge in [0.2, 0.25) is 0 Å². The van der Waals surface area contributed by atoms with Crippen LogP contribution in [0.4, 0.5) is 0 Å². The molecule has 0 aromatic rings. The average Bonchev–Trinajstić information content (AvgIpc) is 1.88. The van der Waals surface area contributed by atoms with E-state index < -0.39 is 0 Å². The zero-order chi connectivity index (χ0) is 4.20. The molecule has 2 saturated heterocycles. The van der Waals surface area contributed by atoms with E-state index in [1.807, 2.05) is 0 Å². The Morgan fingerprint density at radius 1 is 1.83 bits per heavy atom. The molecule has 2 heterocycles. The van der Waals surface area contributed by atoms with Crippen molar-refractivity contribution in [2.24, 2.45) is 0 Å². The molecule has 2 unspecified atom stereocenters. The van der Waals surface area contributed by atoms with Crippen molar-refractivity contribution in [3.8, 4) is 0 Å². The molecule has 2 nitrogen and oxygen atoms in total. The third-order valence-electron chi connectivity index (χ3n) is 1.76. The largest absolute Gasteiger partial charge is 0.297 e. The van der Waals surface area contributed by atoms with E-state index >= 15 is 0 Å². The summed E-state index contributed by atoms with van der Waals surface area (Å²) in [7, 11) is 0. The molecule has 0 aromatic heterocycles. The van der Waals surface area contributed by atoms with Crippen LogP contribution in [0.15, 0.2) is 0 Å². The van der Waals surface area contributed by atoms with Crippen LogP contribution in [0, 0.1) is 0 Å². The maximum absolute atomic E-state index is 3.27. The van der Waals surface area contributed by atoms with Crippen LogP contribution in [-0.2, 0) is 0 Å². The molecule has 0 radical (unpaired) electrons. The van der Waals surface area contributed by atoms with Gasteiger partial charge in [0, 0.05) is 6.54 Å². The molecular formula is C4H8N2. The summed E-state index contributed by atoms with van der Waals surface area (Å²) in [4.78, 5) is 0. The highest BCUT2D eigenvalue weighted by Gasteiger charge is 2.56. The van der Waals surface area contributed by atoms with Gasteiger partial charge in [0.1, 0.15) is 0 Å². The minimum absolute atomic E-state index is 0.389. The topological polar surface area (TPSA) is 34.0 Å². The van der Waals surface area contributed by atoms with E-state index in [-0.39, 0.29) is 0 Å². The molecule has 0 bridgehead atoms. The third kappa shape index (κ3) is 0.150. The first-order valence-corrected chi connectivity index (χ1v) is 2.34. The Bertz CT molecular complexity index is 87.5. The Labute approximate surface area is 36.9 Å². The number of nitrogens with one attached hydrogen (secondary N) is 2. The summed E-state index contributed by atoms with van der Waals surface area (Å²) >= 11 is 0. The van der Waals surface area contributed by atoms with Crippen molar-refractivity contribution >= 4 is 0 Å². The summed E-state index contributed by atoms with van der Waals surface area (Å²) in [6, 6.07) is 0.817. The minimum atomic E-state index is 0.389. The van der Waals surface area contributed by atoms with Gasteiger partial charge in [0.05, 0.1) is 11.7 Å². The van der Waals surface area contributed by atoms with Crippen molar-refractivity contribution in [3.05, 3.63) is 0 Å². The van der Waals surface area contributed by atoms with Gasteiger partial charge in [-0.3, -0.25) is 10.6 Å². The minimum Gasteiger partial charge on any atom is -0.297 e. The molecule has 2 rings (SSSR count). The second kappa shape index (κ2) is 0.532. The summed E-state index contributed by atoms with van der Waals surface area (Å²) in [5.41, 5.74) is 0.389. The molecule has 2 fully saturated rings. The number of fused-ring (bicyclic) bond motifs is 1. The van der Waals surface area contributed by atoms with Gasteiger partial charge in [-0.25, -0.2) is 0 Å². The van der Waals surface area contributed by atoms with E-state index in [1.54, 1.807) is 0 Å². The first kappa shape index (κ1) is 2.99. The van der Waals surface area contributed by atoms with Crippen LogP contribution in [0.3, 0.4) is 0 Å². The van der Waals surface area contributed by atoms with Gasteiger partial charge >= 0.3 is 0 Å². The lowest BCUT2D eigenvalue weighted by Gasteiger charge is -2.18. The fraction of sp³-hybridized carbons (Fsp3) is 1.00. The molecule has 0 aliphatic carbocycles. The van der Waals surface area contributed by atoms with Crippen molar-refractivity contribution in [3.63, 3.8) is 0 Å². The lowest BCUT2D eigenvalue weighted by molar-refractivity contribution is 0.428. The average molecular weight is 84.1 g/mol. The Balaban J connectivity index is 2.22. The Morgan fingerprint density at radius 2 is 2.50 bits per heavy atom. The van der Waals surface area contributed by atoms with Crippen LogP contribution in [0.1, 0.15) is 6.92 Å². The lowest BCUT2D eigenvalue weighted by Crippen LogP contribution is -2.46. The second-order valence-electron chi connectivity index (χ2n) is 2.28. The molecule has 2 aliphatic rings. The van der Waals surface area contributed by atoms with Crippen LogP contribution in [0.2, 0.25) is 0 Å². The van der Waals surface area contributed by atoms with E-state index in [4.69, 9.17) is 0 Å². The van der Waals surface area contributed by atoms with Gasteiger partial charge in [-0.1, -0.05) is 0 Å². The van der Waals surface area contributed by atoms with E-state index in [1.165, 1.54) is 6.54 Å². The number of hydrogen-bond acceptors (Lipinski definition) is 2. The van der Waals surface area contributed by atoms with Gasteiger partial charge < -0.3 is 0 Å². The van der Waals surface area contributed by atoms with E-state index in [2.05, 4.69) is 17.6 Å². The fourth-order valence-corrected chi connectivity index (χ4v) is 0.933. The highest BCUT2D eigenvalue weighted by molar-refractivity contribution is 5.18. The second-order valence-corrected chi connectivity index (χ2v) is 2.28. The maximum atomic E-state index is 3.27. The lowest BCUT2D eigenvalue weighted by atomic mass is 10.1. The summed E-state index contributed by atoms with van der Waals surface area (Å²) in [5, 5.41) is 6.52. The molecule has 0 spiro atoms. The molecule has 0 saturated carbocycles. The number of rotatable bonds is 0. The predicted molar refractivity (Wildman–Crippen MR) is 23.3 cm³/mol. The Hall–Kier alpha value is -0.0800. The van der Waals surface area contributed by atoms with Gasteiger partial charge in [0.15, 0.2) is 0 Å². The van der Waals surface area contributed by atoms with Crippen molar-refractivity contribution in [1.82, 2.24) is 10.6 Å². The van der Waals surface area contributed by atoms with Crippen LogP contribution < -0.4 is 10.6 Å². The molecule has 2 aliphatic heterocycles. The Morgan fingerprint density at radius 3 is 2.50 bits per heavy atom. The molecule has 0 amide bonds. The van der Waals surface area contributed by atoms with E-state index in [9.17, 15) is 0 Å². The highest BCUT2D eigenvalue weighted by atomic mass is 15.5. The summed E-state index contributed by atoms with van der Waals surface area (Å²) in [6.45, 7) is 3.36. The highest BCUT2D eigenvalue weighted by Crippen LogP contribution is 2.29. The first-order chi connectivity index (χ1) is 2.81. The molecular weight excluding hydrogens is 76.1 g/mol. The van der Waals surface area contributed by atoms with Crippen LogP contribution in [0.25, 0.3) is 0 Å². The fourth-order valence-electron chi connectivity index (χ4n) is 0.933. The van der Waals surface area contributed by atoms with Crippen molar-refractivity contribution in [2.45, 2.75) is 18.6 Å². The smallest absolute Gasteiger partial charge is 0.0833 e. The van der Waals surface area contributed by atoms with Gasteiger partial charge in [0.25, 0.3) is 0 Å². The molecule has 0 aromatic carbocycles. The van der Waals surface area contributed by atoms with E-state index in [0.717, 1.165) is 6.04 Å². The normalized spacial score (nSPS) is 62.5. The third-order valence-corrected chi connectivity index (χ3v) is 1.76. The summed E-state index contributed by atoms with van der Waals surface area (Å²) in [6.07, 6.45) is 0. The standard InChI is InChI=1S/C4H8N2/c1-4-3(6-4)2-5-4/h3,5-6H,2H2,1H3. The molecule has 6 heavy (non-hydrogen) atoms. The van der Waals surface area contributed by atoms with Crippen molar-refractivity contribution < 1.29 is 0 Å². The molecule has 2 heteroatoms. The van der Waals surface area contributed by atoms with Gasteiger partial charge in [-0.15, -0.1) is 0 Å². The van der Waals surface area contributed by atoms with Crippen molar-refractivity contribution in [2.75, 3.05) is 6.54 Å². The zero-order valence-electron chi connectivity index (χ0n) is 3.78. The van der Waals surface area contributed by atoms with Crippen LogP contribution in [0.5, 0.6) is 0 Å². The van der Waals surface area contributed by atoms with E-state index in [0.29, 0.717) is 5.66 Å². The van der Waals surface area contributed by atoms with Crippen LogP contribution >= 0.6 is 0 Å². The SMILES string of the molecule is CC12NCC1N2. The van der Waals surface area contributed by atoms with Gasteiger partial charge in [-0.05, 0) is 6.92 Å². The molecule has 2 atom stereocenters.